The quantitative estimate of drug-likeness (QED) is 0.531. The Hall–Kier alpha value is -1.16. The molecule has 3 nitrogen and oxygen atoms in total. The van der Waals surface area contributed by atoms with Crippen LogP contribution >= 0.6 is 0 Å². The molecule has 3 heteroatoms. The van der Waals surface area contributed by atoms with E-state index < -0.39 is 12.2 Å². The number of ether oxygens (including phenoxy) is 1. The first-order valence-corrected chi connectivity index (χ1v) is 9.26. The molecular weight excluding hydrogens is 300 g/mol. The van der Waals surface area contributed by atoms with E-state index in [9.17, 15) is 10.2 Å². The van der Waals surface area contributed by atoms with Crippen molar-refractivity contribution in [2.45, 2.75) is 64.8 Å². The Morgan fingerprint density at radius 1 is 1.17 bits per heavy atom. The minimum atomic E-state index is -0.466. The van der Waals surface area contributed by atoms with E-state index in [0.717, 1.165) is 18.4 Å². The second kappa shape index (κ2) is 9.97. The molecule has 0 bridgehead atoms. The average Bonchev–Trinajstić information content (AvgIpc) is 2.81. The van der Waals surface area contributed by atoms with E-state index in [1.165, 1.54) is 18.4 Å². The van der Waals surface area contributed by atoms with Crippen molar-refractivity contribution >= 4 is 0 Å². The molecule has 1 aromatic rings. The lowest BCUT2D eigenvalue weighted by molar-refractivity contribution is 0.0175. The van der Waals surface area contributed by atoms with Gasteiger partial charge >= 0.3 is 0 Å². The molecule has 4 atom stereocenters. The Morgan fingerprint density at radius 3 is 2.71 bits per heavy atom. The summed E-state index contributed by atoms with van der Waals surface area (Å²) in [6, 6.07) is 8.28. The maximum atomic E-state index is 10.2. The summed E-state index contributed by atoms with van der Waals surface area (Å²) in [6.45, 7) is 5.31. The van der Waals surface area contributed by atoms with E-state index in [4.69, 9.17) is 4.74 Å². The van der Waals surface area contributed by atoms with Crippen LogP contribution in [0.25, 0.3) is 0 Å². The van der Waals surface area contributed by atoms with Crippen molar-refractivity contribution in [1.29, 1.82) is 0 Å². The Morgan fingerprint density at radius 2 is 1.96 bits per heavy atom. The number of benzene rings is 1. The van der Waals surface area contributed by atoms with Crippen LogP contribution in [0.1, 0.15) is 50.2 Å². The molecule has 0 amide bonds. The zero-order valence-electron chi connectivity index (χ0n) is 15.0. The fraction of sp³-hybridized carbons (Fsp3) is 0.619. The number of aryl methyl sites for hydroxylation is 1. The van der Waals surface area contributed by atoms with Crippen molar-refractivity contribution in [3.05, 3.63) is 47.5 Å². The highest BCUT2D eigenvalue weighted by Gasteiger charge is 2.40. The first-order valence-electron chi connectivity index (χ1n) is 9.26. The molecule has 0 unspecified atom stereocenters. The van der Waals surface area contributed by atoms with Crippen molar-refractivity contribution < 1.29 is 14.9 Å². The van der Waals surface area contributed by atoms with Crippen LogP contribution < -0.4 is 0 Å². The van der Waals surface area contributed by atoms with E-state index >= 15 is 0 Å². The molecule has 0 spiro atoms. The van der Waals surface area contributed by atoms with Crippen LogP contribution in [0.3, 0.4) is 0 Å². The van der Waals surface area contributed by atoms with Crippen LogP contribution in [0.4, 0.5) is 0 Å². The highest BCUT2D eigenvalue weighted by molar-refractivity contribution is 5.21. The van der Waals surface area contributed by atoms with Crippen LogP contribution in [-0.2, 0) is 11.3 Å². The highest BCUT2D eigenvalue weighted by atomic mass is 16.5. The summed E-state index contributed by atoms with van der Waals surface area (Å²) < 4.78 is 5.86. The predicted octanol–water partition coefficient (Wildman–Crippen LogP) is 4.01. The van der Waals surface area contributed by atoms with E-state index in [1.54, 1.807) is 0 Å². The molecule has 1 aliphatic carbocycles. The van der Waals surface area contributed by atoms with Crippen LogP contribution in [-0.4, -0.2) is 29.0 Å². The molecule has 0 saturated heterocycles. The third-order valence-corrected chi connectivity index (χ3v) is 4.98. The summed E-state index contributed by atoms with van der Waals surface area (Å²) in [5.74, 6) is 0.107. The molecule has 134 valence electrons. The number of aliphatic hydroxyl groups is 2. The topological polar surface area (TPSA) is 49.7 Å². The normalized spacial score (nSPS) is 27.2. The molecule has 1 saturated carbocycles. The predicted molar refractivity (Wildman–Crippen MR) is 97.7 cm³/mol. The third-order valence-electron chi connectivity index (χ3n) is 4.98. The van der Waals surface area contributed by atoms with Gasteiger partial charge < -0.3 is 14.9 Å². The molecule has 1 aromatic carbocycles. The summed E-state index contributed by atoms with van der Waals surface area (Å²) in [5, 5.41) is 20.5. The number of aliphatic hydroxyl groups excluding tert-OH is 2. The minimum absolute atomic E-state index is 0.0145. The molecular formula is C21H32O3. The number of hydrogen-bond acceptors (Lipinski definition) is 3. The van der Waals surface area contributed by atoms with Crippen LogP contribution in [0.2, 0.25) is 0 Å². The highest BCUT2D eigenvalue weighted by Crippen LogP contribution is 2.35. The standard InChI is InChI=1S/C21H32O3/c1-3-4-5-6-7-11-18-19(21(23)13-20(18)22)15-24-14-17-10-8-9-16(2)12-17/h6-10,12,18-23H,3-5,11,13-15H2,1-2H3/b7-6-/t18-,19-,20+,21+/m0/s1. The van der Waals surface area contributed by atoms with Gasteiger partial charge in [0.1, 0.15) is 0 Å². The number of rotatable bonds is 9. The number of allylic oxidation sites excluding steroid dienone is 2. The first kappa shape index (κ1) is 19.2. The van der Waals surface area contributed by atoms with Crippen LogP contribution in [0.15, 0.2) is 36.4 Å². The maximum absolute atomic E-state index is 10.2. The van der Waals surface area contributed by atoms with Gasteiger partial charge in [-0.25, -0.2) is 0 Å². The van der Waals surface area contributed by atoms with Gasteiger partial charge in [0.2, 0.25) is 0 Å². The Labute approximate surface area is 146 Å². The van der Waals surface area contributed by atoms with Crippen molar-refractivity contribution in [3.8, 4) is 0 Å². The lowest BCUT2D eigenvalue weighted by Crippen LogP contribution is -2.26. The lowest BCUT2D eigenvalue weighted by atomic mass is 9.91. The molecule has 0 aliphatic heterocycles. The van der Waals surface area contributed by atoms with Crippen molar-refractivity contribution in [2.24, 2.45) is 11.8 Å². The summed E-state index contributed by atoms with van der Waals surface area (Å²) >= 11 is 0. The summed E-state index contributed by atoms with van der Waals surface area (Å²) in [7, 11) is 0. The van der Waals surface area contributed by atoms with Gasteiger partial charge in [-0.3, -0.25) is 0 Å². The van der Waals surface area contributed by atoms with Crippen molar-refractivity contribution in [1.82, 2.24) is 0 Å². The monoisotopic (exact) mass is 332 g/mol. The second-order valence-electron chi connectivity index (χ2n) is 7.05. The zero-order chi connectivity index (χ0) is 17.4. The Bertz CT molecular complexity index is 512. The summed E-state index contributed by atoms with van der Waals surface area (Å²) in [6.07, 6.45) is 8.25. The SMILES string of the molecule is CCCC/C=C\C[C@H]1[C@H](COCc2cccc(C)c2)[C@H](O)C[C@H]1O. The van der Waals surface area contributed by atoms with Gasteiger partial charge in [-0.1, -0.05) is 61.7 Å². The fourth-order valence-electron chi connectivity index (χ4n) is 3.54. The molecule has 2 N–H and O–H groups in total. The Kier molecular flexibility index (Phi) is 7.97. The molecule has 1 aliphatic rings. The average molecular weight is 332 g/mol. The van der Waals surface area contributed by atoms with Gasteiger partial charge in [0.25, 0.3) is 0 Å². The fourth-order valence-corrected chi connectivity index (χ4v) is 3.54. The lowest BCUT2D eigenvalue weighted by Gasteiger charge is -2.22. The maximum Gasteiger partial charge on any atom is 0.0717 e. The van der Waals surface area contributed by atoms with Gasteiger partial charge in [0, 0.05) is 5.92 Å². The summed E-state index contributed by atoms with van der Waals surface area (Å²) in [5.41, 5.74) is 2.38. The second-order valence-corrected chi connectivity index (χ2v) is 7.05. The Balaban J connectivity index is 1.82. The van der Waals surface area contributed by atoms with Crippen LogP contribution in [0.5, 0.6) is 0 Å². The molecule has 0 radical (unpaired) electrons. The number of unbranched alkanes of at least 4 members (excludes halogenated alkanes) is 2. The van der Waals surface area contributed by atoms with E-state index in [2.05, 4.69) is 44.2 Å². The molecule has 0 aromatic heterocycles. The van der Waals surface area contributed by atoms with Crippen molar-refractivity contribution in [3.63, 3.8) is 0 Å². The van der Waals surface area contributed by atoms with Gasteiger partial charge in [0.15, 0.2) is 0 Å². The van der Waals surface area contributed by atoms with Gasteiger partial charge in [0.05, 0.1) is 25.4 Å². The van der Waals surface area contributed by atoms with E-state index in [0.29, 0.717) is 19.6 Å². The first-order chi connectivity index (χ1) is 11.6. The van der Waals surface area contributed by atoms with E-state index in [-0.39, 0.29) is 11.8 Å². The molecule has 0 heterocycles. The zero-order valence-corrected chi connectivity index (χ0v) is 15.0. The largest absolute Gasteiger partial charge is 0.393 e. The summed E-state index contributed by atoms with van der Waals surface area (Å²) in [4.78, 5) is 0. The van der Waals surface area contributed by atoms with E-state index in [1.807, 2.05) is 6.07 Å². The van der Waals surface area contributed by atoms with Gasteiger partial charge in [-0.15, -0.1) is 0 Å². The van der Waals surface area contributed by atoms with Gasteiger partial charge in [-0.05, 0) is 37.7 Å². The van der Waals surface area contributed by atoms with Crippen LogP contribution in [0, 0.1) is 18.8 Å². The van der Waals surface area contributed by atoms with Gasteiger partial charge in [-0.2, -0.15) is 0 Å². The minimum Gasteiger partial charge on any atom is -0.393 e. The number of hydrogen-bond donors (Lipinski definition) is 2. The smallest absolute Gasteiger partial charge is 0.0717 e. The van der Waals surface area contributed by atoms with Crippen molar-refractivity contribution in [2.75, 3.05) is 6.61 Å². The molecule has 1 fully saturated rings. The molecule has 2 rings (SSSR count). The molecule has 24 heavy (non-hydrogen) atoms. The third kappa shape index (κ3) is 5.73.